The Kier molecular flexibility index (Phi) is 6.62. The number of likely N-dealkylation sites (tertiary alicyclic amines) is 1. The van der Waals surface area contributed by atoms with Gasteiger partial charge in [-0.25, -0.2) is 4.98 Å². The minimum atomic E-state index is -0.143. The standard InChI is InChI=1S/C30H38ClN3O/c31-28-14-13-24-26(33-28)12-7-16-30(24)20-32-19-25(30)29(35)34-17-15-23(21-8-3-1-4-9-21)18-27(34)22-10-5-2-6-11-22/h1,3-4,8-9,13-14,22-23,25,27,32H,2,5-7,10-12,15-20H2/t23?,25-,27-,30-/m0/s1. The van der Waals surface area contributed by atoms with E-state index in [1.807, 2.05) is 6.07 Å². The van der Waals surface area contributed by atoms with Crippen LogP contribution in [0.15, 0.2) is 42.5 Å². The molecule has 0 radical (unpaired) electrons. The quantitative estimate of drug-likeness (QED) is 0.545. The second-order valence-corrected chi connectivity index (χ2v) is 11.8. The topological polar surface area (TPSA) is 45.2 Å². The molecule has 2 aliphatic heterocycles. The summed E-state index contributed by atoms with van der Waals surface area (Å²) in [5.74, 6) is 1.58. The maximum Gasteiger partial charge on any atom is 0.228 e. The van der Waals surface area contributed by atoms with Crippen LogP contribution >= 0.6 is 11.6 Å². The van der Waals surface area contributed by atoms with Gasteiger partial charge in [-0.2, -0.15) is 0 Å². The number of benzene rings is 1. The minimum Gasteiger partial charge on any atom is -0.339 e. The summed E-state index contributed by atoms with van der Waals surface area (Å²) in [6, 6.07) is 15.5. The Bertz CT molecular complexity index is 1050. The molecule has 186 valence electrons. The van der Waals surface area contributed by atoms with Gasteiger partial charge in [0.1, 0.15) is 5.15 Å². The molecule has 1 aromatic carbocycles. The minimum absolute atomic E-state index is 0.0103. The van der Waals surface area contributed by atoms with Gasteiger partial charge < -0.3 is 10.2 Å². The maximum absolute atomic E-state index is 14.5. The number of nitrogens with one attached hydrogen (secondary N) is 1. The van der Waals surface area contributed by atoms with Crippen molar-refractivity contribution in [1.29, 1.82) is 0 Å². The van der Waals surface area contributed by atoms with Gasteiger partial charge in [0.15, 0.2) is 0 Å². The number of piperidine rings is 1. The number of amides is 1. The summed E-state index contributed by atoms with van der Waals surface area (Å²) in [6.45, 7) is 2.53. The lowest BCUT2D eigenvalue weighted by Gasteiger charge is -2.48. The highest BCUT2D eigenvalue weighted by atomic mass is 35.5. The Morgan fingerprint density at radius 1 is 1.03 bits per heavy atom. The predicted octanol–water partition coefficient (Wildman–Crippen LogP) is 5.88. The number of fused-ring (bicyclic) bond motifs is 2. The molecule has 1 saturated carbocycles. The highest BCUT2D eigenvalue weighted by Gasteiger charge is 2.52. The average Bonchev–Trinajstić information content (AvgIpc) is 3.32. The average molecular weight is 492 g/mol. The number of nitrogens with zero attached hydrogens (tertiary/aromatic N) is 2. The lowest BCUT2D eigenvalue weighted by Crippen LogP contribution is -2.55. The van der Waals surface area contributed by atoms with E-state index in [4.69, 9.17) is 11.6 Å². The number of halogens is 1. The van der Waals surface area contributed by atoms with Gasteiger partial charge in [0.2, 0.25) is 5.91 Å². The van der Waals surface area contributed by atoms with Gasteiger partial charge in [0.05, 0.1) is 5.92 Å². The van der Waals surface area contributed by atoms with Crippen LogP contribution in [0.3, 0.4) is 0 Å². The van der Waals surface area contributed by atoms with Crippen molar-refractivity contribution in [3.63, 3.8) is 0 Å². The summed E-state index contributed by atoms with van der Waals surface area (Å²) in [5.41, 5.74) is 3.68. The van der Waals surface area contributed by atoms with E-state index < -0.39 is 0 Å². The van der Waals surface area contributed by atoms with E-state index in [0.717, 1.165) is 57.4 Å². The van der Waals surface area contributed by atoms with E-state index in [1.165, 1.54) is 43.2 Å². The second kappa shape index (κ2) is 9.86. The maximum atomic E-state index is 14.5. The molecule has 4 aliphatic rings. The molecule has 1 spiro atoms. The first kappa shape index (κ1) is 23.5. The first-order valence-electron chi connectivity index (χ1n) is 13.9. The van der Waals surface area contributed by atoms with E-state index in [1.54, 1.807) is 0 Å². The normalized spacial score (nSPS) is 31.5. The van der Waals surface area contributed by atoms with Crippen LogP contribution < -0.4 is 5.32 Å². The zero-order chi connectivity index (χ0) is 23.8. The number of hydrogen-bond donors (Lipinski definition) is 1. The van der Waals surface area contributed by atoms with E-state index in [2.05, 4.69) is 51.6 Å². The third kappa shape index (κ3) is 4.31. The van der Waals surface area contributed by atoms with E-state index in [9.17, 15) is 4.79 Å². The van der Waals surface area contributed by atoms with Crippen molar-refractivity contribution in [2.24, 2.45) is 11.8 Å². The Balaban J connectivity index is 1.30. The van der Waals surface area contributed by atoms with Crippen LogP contribution in [0.4, 0.5) is 0 Å². The summed E-state index contributed by atoms with van der Waals surface area (Å²) in [7, 11) is 0. The Morgan fingerprint density at radius 2 is 1.86 bits per heavy atom. The van der Waals surface area contributed by atoms with Crippen molar-refractivity contribution in [3.05, 3.63) is 64.4 Å². The van der Waals surface area contributed by atoms with Crippen LogP contribution in [0.2, 0.25) is 5.15 Å². The molecule has 35 heavy (non-hydrogen) atoms. The molecule has 2 saturated heterocycles. The van der Waals surface area contributed by atoms with Crippen LogP contribution in [0, 0.1) is 11.8 Å². The van der Waals surface area contributed by atoms with Crippen molar-refractivity contribution in [2.75, 3.05) is 19.6 Å². The third-order valence-corrected chi connectivity index (χ3v) is 9.87. The van der Waals surface area contributed by atoms with Gasteiger partial charge in [-0.3, -0.25) is 4.79 Å². The SMILES string of the molecule is O=C([C@@H]1CNC[C@]12CCCc1nc(Cl)ccc12)N1CCC(c2ccccc2)C[C@H]1C1CCCCC1. The first-order valence-corrected chi connectivity index (χ1v) is 14.3. The third-order valence-electron chi connectivity index (χ3n) is 9.66. The highest BCUT2D eigenvalue weighted by molar-refractivity contribution is 6.29. The number of carbonyl (C=O) groups is 1. The van der Waals surface area contributed by atoms with Crippen LogP contribution in [0.1, 0.15) is 80.5 Å². The summed E-state index contributed by atoms with van der Waals surface area (Å²) < 4.78 is 0. The highest BCUT2D eigenvalue weighted by Crippen LogP contribution is 2.47. The van der Waals surface area contributed by atoms with Crippen molar-refractivity contribution < 1.29 is 4.79 Å². The fourth-order valence-electron chi connectivity index (χ4n) is 7.92. The smallest absolute Gasteiger partial charge is 0.228 e. The van der Waals surface area contributed by atoms with E-state index in [0.29, 0.717) is 28.9 Å². The van der Waals surface area contributed by atoms with Gasteiger partial charge in [0.25, 0.3) is 0 Å². The molecule has 1 unspecified atom stereocenters. The fourth-order valence-corrected chi connectivity index (χ4v) is 8.08. The molecule has 3 heterocycles. The van der Waals surface area contributed by atoms with E-state index >= 15 is 0 Å². The number of aromatic nitrogens is 1. The van der Waals surface area contributed by atoms with Crippen molar-refractivity contribution >= 4 is 17.5 Å². The lowest BCUT2D eigenvalue weighted by atomic mass is 9.64. The van der Waals surface area contributed by atoms with Crippen molar-refractivity contribution in [2.45, 2.75) is 81.6 Å². The number of hydrogen-bond acceptors (Lipinski definition) is 3. The monoisotopic (exact) mass is 491 g/mol. The Hall–Kier alpha value is -1.91. The molecule has 5 heteroatoms. The van der Waals surface area contributed by atoms with Gasteiger partial charge >= 0.3 is 0 Å². The molecule has 1 N–H and O–H groups in total. The van der Waals surface area contributed by atoms with Gasteiger partial charge in [0, 0.05) is 36.8 Å². The largest absolute Gasteiger partial charge is 0.339 e. The molecule has 6 rings (SSSR count). The predicted molar refractivity (Wildman–Crippen MR) is 141 cm³/mol. The zero-order valence-electron chi connectivity index (χ0n) is 20.7. The molecule has 1 amide bonds. The molecule has 0 bridgehead atoms. The molecule has 4 atom stereocenters. The van der Waals surface area contributed by atoms with Crippen molar-refractivity contribution in [1.82, 2.24) is 15.2 Å². The fraction of sp³-hybridized carbons (Fsp3) is 0.600. The second-order valence-electron chi connectivity index (χ2n) is 11.5. The molecule has 2 aliphatic carbocycles. The van der Waals surface area contributed by atoms with Crippen LogP contribution in [-0.2, 0) is 16.6 Å². The summed E-state index contributed by atoms with van der Waals surface area (Å²) >= 11 is 6.26. The van der Waals surface area contributed by atoms with Gasteiger partial charge in [-0.05, 0) is 74.0 Å². The zero-order valence-corrected chi connectivity index (χ0v) is 21.5. The lowest BCUT2D eigenvalue weighted by molar-refractivity contribution is -0.143. The molecule has 3 fully saturated rings. The molecular weight excluding hydrogens is 454 g/mol. The van der Waals surface area contributed by atoms with Crippen LogP contribution in [0.25, 0.3) is 0 Å². The Labute approximate surface area is 214 Å². The molecule has 2 aromatic rings. The molecule has 1 aromatic heterocycles. The summed E-state index contributed by atoms with van der Waals surface area (Å²) in [4.78, 5) is 21.5. The van der Waals surface area contributed by atoms with Crippen LogP contribution in [-0.4, -0.2) is 41.5 Å². The Morgan fingerprint density at radius 3 is 2.69 bits per heavy atom. The van der Waals surface area contributed by atoms with Gasteiger partial charge in [-0.15, -0.1) is 0 Å². The molecule has 4 nitrogen and oxygen atoms in total. The number of carbonyl (C=O) groups excluding carboxylic acids is 1. The number of rotatable bonds is 3. The van der Waals surface area contributed by atoms with Gasteiger partial charge in [-0.1, -0.05) is 67.3 Å². The molecular formula is C30H38ClN3O. The van der Waals surface area contributed by atoms with Crippen molar-refractivity contribution in [3.8, 4) is 0 Å². The summed E-state index contributed by atoms with van der Waals surface area (Å²) in [6.07, 6.45) is 11.8. The number of pyridine rings is 1. The summed E-state index contributed by atoms with van der Waals surface area (Å²) in [5, 5.41) is 4.19. The number of aryl methyl sites for hydroxylation is 1. The van der Waals surface area contributed by atoms with E-state index in [-0.39, 0.29) is 11.3 Å². The first-order chi connectivity index (χ1) is 17.2. The van der Waals surface area contributed by atoms with Crippen LogP contribution in [0.5, 0.6) is 0 Å².